The molecule has 0 spiro atoms. The first kappa shape index (κ1) is 17.3. The summed E-state index contributed by atoms with van der Waals surface area (Å²) in [5, 5.41) is 2.62. The molecule has 0 bridgehead atoms. The molecule has 0 fully saturated rings. The van der Waals surface area contributed by atoms with E-state index >= 15 is 0 Å². The number of carbonyl (C=O) groups is 1. The lowest BCUT2D eigenvalue weighted by molar-refractivity contribution is -0.137. The number of halogens is 4. The van der Waals surface area contributed by atoms with Crippen LogP contribution in [0.1, 0.15) is 11.1 Å². The van der Waals surface area contributed by atoms with Gasteiger partial charge in [0.15, 0.2) is 6.61 Å². The summed E-state index contributed by atoms with van der Waals surface area (Å²) in [7, 11) is 0. The zero-order valence-corrected chi connectivity index (χ0v) is 13.7. The molecule has 0 heterocycles. The molecule has 2 rings (SSSR count). The van der Waals surface area contributed by atoms with Crippen molar-refractivity contribution >= 4 is 27.5 Å². The molecule has 0 aromatic heterocycles. The molecule has 1 N–H and O–H groups in total. The van der Waals surface area contributed by atoms with Crippen molar-refractivity contribution in [2.24, 2.45) is 0 Å². The summed E-state index contributed by atoms with van der Waals surface area (Å²) in [5.41, 5.74) is 0.712. The molecule has 0 unspecified atom stereocenters. The summed E-state index contributed by atoms with van der Waals surface area (Å²) in [6.45, 7) is 1.50. The summed E-state index contributed by atoms with van der Waals surface area (Å²) in [6, 6.07) is 9.67. The molecule has 0 saturated heterocycles. The molecule has 0 aliphatic carbocycles. The summed E-state index contributed by atoms with van der Waals surface area (Å²) in [5.74, 6) is -0.467. The van der Waals surface area contributed by atoms with Crippen LogP contribution in [0.3, 0.4) is 0 Å². The average Bonchev–Trinajstić information content (AvgIpc) is 2.48. The van der Waals surface area contributed by atoms with Crippen molar-refractivity contribution < 1.29 is 22.7 Å². The van der Waals surface area contributed by atoms with Gasteiger partial charge in [-0.25, -0.2) is 0 Å². The molecule has 23 heavy (non-hydrogen) atoms. The highest BCUT2D eigenvalue weighted by Gasteiger charge is 2.30. The largest absolute Gasteiger partial charge is 0.484 e. The van der Waals surface area contributed by atoms with E-state index in [0.29, 0.717) is 5.69 Å². The highest BCUT2D eigenvalue weighted by molar-refractivity contribution is 9.10. The number of aryl methyl sites for hydroxylation is 1. The lowest BCUT2D eigenvalue weighted by atomic mass is 10.2. The van der Waals surface area contributed by atoms with Crippen molar-refractivity contribution in [1.82, 2.24) is 0 Å². The fourth-order valence-corrected chi connectivity index (χ4v) is 2.08. The van der Waals surface area contributed by atoms with Crippen molar-refractivity contribution in [3.8, 4) is 5.75 Å². The molecule has 122 valence electrons. The van der Waals surface area contributed by atoms with Gasteiger partial charge < -0.3 is 10.1 Å². The number of carbonyl (C=O) groups excluding carboxylic acids is 1. The summed E-state index contributed by atoms with van der Waals surface area (Å²) in [6.07, 6.45) is -4.45. The molecule has 0 aliphatic rings. The van der Waals surface area contributed by atoms with Gasteiger partial charge >= 0.3 is 6.18 Å². The Kier molecular flexibility index (Phi) is 5.30. The van der Waals surface area contributed by atoms with Crippen LogP contribution in [0.2, 0.25) is 0 Å². The van der Waals surface area contributed by atoms with E-state index in [-0.39, 0.29) is 12.4 Å². The normalized spacial score (nSPS) is 11.2. The maximum atomic E-state index is 12.6. The van der Waals surface area contributed by atoms with Gasteiger partial charge in [0.25, 0.3) is 5.91 Å². The van der Waals surface area contributed by atoms with E-state index in [1.54, 1.807) is 18.2 Å². The highest BCUT2D eigenvalue weighted by Crippen LogP contribution is 2.31. The Morgan fingerprint density at radius 2 is 1.96 bits per heavy atom. The third-order valence-electron chi connectivity index (χ3n) is 2.97. The fourth-order valence-electron chi connectivity index (χ4n) is 1.83. The summed E-state index contributed by atoms with van der Waals surface area (Å²) < 4.78 is 43.8. The van der Waals surface area contributed by atoms with Crippen LogP contribution in [0.25, 0.3) is 0 Å². The Bertz CT molecular complexity index is 717. The van der Waals surface area contributed by atoms with Crippen molar-refractivity contribution in [2.75, 3.05) is 11.9 Å². The van der Waals surface area contributed by atoms with E-state index in [1.165, 1.54) is 12.1 Å². The van der Waals surface area contributed by atoms with Gasteiger partial charge in [0.05, 0.1) is 5.56 Å². The Balaban J connectivity index is 1.95. The Hall–Kier alpha value is -2.02. The van der Waals surface area contributed by atoms with Crippen molar-refractivity contribution in [2.45, 2.75) is 13.1 Å². The van der Waals surface area contributed by atoms with Gasteiger partial charge in [0.2, 0.25) is 0 Å². The zero-order chi connectivity index (χ0) is 17.0. The molecule has 0 aliphatic heterocycles. The predicted octanol–water partition coefficient (Wildman–Crippen LogP) is 4.79. The number of anilines is 1. The molecule has 2 aromatic carbocycles. The van der Waals surface area contributed by atoms with Gasteiger partial charge in [-0.05, 0) is 48.9 Å². The topological polar surface area (TPSA) is 38.3 Å². The van der Waals surface area contributed by atoms with Crippen molar-refractivity contribution in [3.05, 3.63) is 58.1 Å². The number of rotatable bonds is 4. The number of amides is 1. The van der Waals surface area contributed by atoms with Crippen LogP contribution in [0.5, 0.6) is 5.75 Å². The molecule has 2 aromatic rings. The fraction of sp³-hybridized carbons (Fsp3) is 0.188. The van der Waals surface area contributed by atoms with E-state index < -0.39 is 17.6 Å². The number of hydrogen-bond acceptors (Lipinski definition) is 2. The first-order chi connectivity index (χ1) is 10.8. The van der Waals surface area contributed by atoms with Crippen LogP contribution in [-0.2, 0) is 11.0 Å². The smallest absolute Gasteiger partial charge is 0.416 e. The second-order valence-corrected chi connectivity index (χ2v) is 5.68. The van der Waals surface area contributed by atoms with Crippen LogP contribution < -0.4 is 10.1 Å². The third kappa shape index (κ3) is 4.99. The van der Waals surface area contributed by atoms with Crippen LogP contribution >= 0.6 is 15.9 Å². The second-order valence-electron chi connectivity index (χ2n) is 4.83. The average molecular weight is 388 g/mol. The maximum Gasteiger partial charge on any atom is 0.416 e. The van der Waals surface area contributed by atoms with Crippen molar-refractivity contribution in [1.29, 1.82) is 0 Å². The molecule has 0 saturated carbocycles. The highest BCUT2D eigenvalue weighted by atomic mass is 79.9. The first-order valence-electron chi connectivity index (χ1n) is 6.62. The van der Waals surface area contributed by atoms with Gasteiger partial charge in [-0.15, -0.1) is 0 Å². The lowest BCUT2D eigenvalue weighted by Crippen LogP contribution is -2.20. The quantitative estimate of drug-likeness (QED) is 0.818. The van der Waals surface area contributed by atoms with Gasteiger partial charge in [-0.3, -0.25) is 4.79 Å². The van der Waals surface area contributed by atoms with E-state index in [4.69, 9.17) is 4.74 Å². The Labute approximate surface area is 139 Å². The number of nitrogens with one attached hydrogen (secondary N) is 1. The molecule has 3 nitrogen and oxygen atoms in total. The van der Waals surface area contributed by atoms with Gasteiger partial charge in [-0.2, -0.15) is 13.2 Å². The number of benzene rings is 2. The summed E-state index contributed by atoms with van der Waals surface area (Å²) in [4.78, 5) is 11.8. The summed E-state index contributed by atoms with van der Waals surface area (Å²) >= 11 is 3.35. The van der Waals surface area contributed by atoms with E-state index in [1.807, 2.05) is 6.92 Å². The minimum Gasteiger partial charge on any atom is -0.484 e. The molecule has 1 amide bonds. The van der Waals surface area contributed by atoms with Crippen LogP contribution in [-0.4, -0.2) is 12.5 Å². The lowest BCUT2D eigenvalue weighted by Gasteiger charge is -2.11. The van der Waals surface area contributed by atoms with E-state index in [0.717, 1.165) is 22.2 Å². The molecule has 0 atom stereocenters. The standard InChI is InChI=1S/C16H13BrF3NO2/c1-10-7-12(5-6-14(10)17)21-15(22)9-23-13-4-2-3-11(8-13)16(18,19)20/h2-8H,9H2,1H3,(H,21,22). The Morgan fingerprint density at radius 3 is 2.61 bits per heavy atom. The van der Waals surface area contributed by atoms with Gasteiger partial charge in [0.1, 0.15) is 5.75 Å². The first-order valence-corrected chi connectivity index (χ1v) is 7.41. The Morgan fingerprint density at radius 1 is 1.22 bits per heavy atom. The molecule has 0 radical (unpaired) electrons. The molecular weight excluding hydrogens is 375 g/mol. The minimum absolute atomic E-state index is 0.0121. The number of hydrogen-bond donors (Lipinski definition) is 1. The zero-order valence-electron chi connectivity index (χ0n) is 12.1. The predicted molar refractivity (Wildman–Crippen MR) is 84.4 cm³/mol. The molecular formula is C16H13BrF3NO2. The van der Waals surface area contributed by atoms with Crippen LogP contribution in [0, 0.1) is 6.92 Å². The van der Waals surface area contributed by atoms with Gasteiger partial charge in [-0.1, -0.05) is 22.0 Å². The van der Waals surface area contributed by atoms with E-state index in [2.05, 4.69) is 21.2 Å². The number of ether oxygens (including phenoxy) is 1. The van der Waals surface area contributed by atoms with E-state index in [9.17, 15) is 18.0 Å². The van der Waals surface area contributed by atoms with Gasteiger partial charge in [0, 0.05) is 10.2 Å². The SMILES string of the molecule is Cc1cc(NC(=O)COc2cccc(C(F)(F)F)c2)ccc1Br. The van der Waals surface area contributed by atoms with Crippen LogP contribution in [0.4, 0.5) is 18.9 Å². The monoisotopic (exact) mass is 387 g/mol. The third-order valence-corrected chi connectivity index (χ3v) is 3.86. The van der Waals surface area contributed by atoms with Crippen LogP contribution in [0.15, 0.2) is 46.9 Å². The minimum atomic E-state index is -4.45. The molecule has 7 heteroatoms. The maximum absolute atomic E-state index is 12.6. The second kappa shape index (κ2) is 7.04. The number of alkyl halides is 3. The van der Waals surface area contributed by atoms with Crippen molar-refractivity contribution in [3.63, 3.8) is 0 Å².